The van der Waals surface area contributed by atoms with E-state index >= 15 is 0 Å². The fraction of sp³-hybridized carbons (Fsp3) is 0.375. The van der Waals surface area contributed by atoms with Crippen molar-refractivity contribution < 1.29 is 14.3 Å². The quantitative estimate of drug-likeness (QED) is 0.812. The van der Waals surface area contributed by atoms with Crippen LogP contribution in [0.3, 0.4) is 0 Å². The Bertz CT molecular complexity index is 833. The summed E-state index contributed by atoms with van der Waals surface area (Å²) in [4.78, 5) is 25.9. The molecule has 0 spiro atoms. The van der Waals surface area contributed by atoms with Crippen molar-refractivity contribution in [3.8, 4) is 5.75 Å². The van der Waals surface area contributed by atoms with Crippen LogP contribution >= 0.6 is 15.9 Å². The molecule has 1 N–H and O–H groups in total. The van der Waals surface area contributed by atoms with E-state index in [4.69, 9.17) is 4.74 Å². The molecule has 1 saturated carbocycles. The number of carbonyl (C=O) groups is 2. The van der Waals surface area contributed by atoms with E-state index in [9.17, 15) is 9.59 Å². The predicted octanol–water partition coefficient (Wildman–Crippen LogP) is 1.42. The van der Waals surface area contributed by atoms with E-state index in [1.54, 1.807) is 18.5 Å². The van der Waals surface area contributed by atoms with Gasteiger partial charge in [-0.25, -0.2) is 0 Å². The first kappa shape index (κ1) is 16.1. The Morgan fingerprint density at radius 2 is 2.24 bits per heavy atom. The first-order valence-electron chi connectivity index (χ1n) is 7.99. The molecule has 1 fully saturated rings. The zero-order valence-corrected chi connectivity index (χ0v) is 14.9. The van der Waals surface area contributed by atoms with E-state index in [2.05, 4.69) is 31.4 Å². The van der Waals surface area contributed by atoms with E-state index < -0.39 is 0 Å². The molecular weight excluding hydrogens is 390 g/mol. The standard InChI is InChI=1S/C16H16BrN5O3/c17-10-1-4-12-13(5-10)25-8-16(24)21(12)7-15(23)18-6-14-20-19-9-22(14)11-2-3-11/h1,4-5,9,11H,2-3,6-8H2,(H,18,23). The molecule has 2 amide bonds. The zero-order chi connectivity index (χ0) is 17.4. The number of hydrogen-bond donors (Lipinski definition) is 1. The minimum atomic E-state index is -0.255. The maximum atomic E-state index is 12.3. The Morgan fingerprint density at radius 1 is 1.40 bits per heavy atom. The average molecular weight is 406 g/mol. The first-order valence-corrected chi connectivity index (χ1v) is 8.79. The molecule has 2 aliphatic rings. The fourth-order valence-corrected chi connectivity index (χ4v) is 3.12. The molecule has 1 aliphatic heterocycles. The van der Waals surface area contributed by atoms with Gasteiger partial charge in [0.25, 0.3) is 5.91 Å². The van der Waals surface area contributed by atoms with Crippen molar-refractivity contribution >= 4 is 33.4 Å². The van der Waals surface area contributed by atoms with E-state index in [1.165, 1.54) is 4.90 Å². The topological polar surface area (TPSA) is 89.3 Å². The normalized spacial score (nSPS) is 16.4. The Balaban J connectivity index is 1.42. The van der Waals surface area contributed by atoms with Gasteiger partial charge in [0.15, 0.2) is 12.4 Å². The second kappa shape index (κ2) is 6.47. The molecule has 0 radical (unpaired) electrons. The summed E-state index contributed by atoms with van der Waals surface area (Å²) in [7, 11) is 0. The molecular formula is C16H16BrN5O3. The number of carbonyl (C=O) groups excluding carboxylic acids is 2. The summed E-state index contributed by atoms with van der Waals surface area (Å²) in [6, 6.07) is 5.80. The lowest BCUT2D eigenvalue weighted by molar-refractivity contribution is -0.125. The number of fused-ring (bicyclic) bond motifs is 1. The highest BCUT2D eigenvalue weighted by Crippen LogP contribution is 2.35. The molecule has 1 aliphatic carbocycles. The molecule has 130 valence electrons. The highest BCUT2D eigenvalue weighted by Gasteiger charge is 2.28. The predicted molar refractivity (Wildman–Crippen MR) is 92.1 cm³/mol. The Morgan fingerprint density at radius 3 is 3.04 bits per heavy atom. The summed E-state index contributed by atoms with van der Waals surface area (Å²) in [5.74, 6) is 0.810. The summed E-state index contributed by atoms with van der Waals surface area (Å²) in [5, 5.41) is 10.8. The molecule has 8 nitrogen and oxygen atoms in total. The number of rotatable bonds is 5. The van der Waals surface area contributed by atoms with Gasteiger partial charge in [0.2, 0.25) is 5.91 Å². The van der Waals surface area contributed by atoms with Gasteiger partial charge in [-0.1, -0.05) is 15.9 Å². The van der Waals surface area contributed by atoms with E-state index in [0.717, 1.165) is 23.1 Å². The van der Waals surface area contributed by atoms with Crippen LogP contribution in [0.15, 0.2) is 29.0 Å². The van der Waals surface area contributed by atoms with Gasteiger partial charge in [-0.05, 0) is 31.0 Å². The van der Waals surface area contributed by atoms with Gasteiger partial charge in [-0.3, -0.25) is 14.5 Å². The van der Waals surface area contributed by atoms with E-state index in [1.807, 2.05) is 10.6 Å². The van der Waals surface area contributed by atoms with Crippen LogP contribution in [-0.2, 0) is 16.1 Å². The van der Waals surface area contributed by atoms with Crippen molar-refractivity contribution in [2.45, 2.75) is 25.4 Å². The van der Waals surface area contributed by atoms with Gasteiger partial charge in [0.1, 0.15) is 18.6 Å². The molecule has 0 unspecified atom stereocenters. The van der Waals surface area contributed by atoms with Gasteiger partial charge in [0, 0.05) is 10.5 Å². The van der Waals surface area contributed by atoms with Crippen LogP contribution in [-0.4, -0.2) is 39.7 Å². The third-order valence-electron chi connectivity index (χ3n) is 4.20. The number of nitrogens with zero attached hydrogens (tertiary/aromatic N) is 4. The minimum Gasteiger partial charge on any atom is -0.482 e. The Labute approximate surface area is 152 Å². The van der Waals surface area contributed by atoms with Crippen molar-refractivity contribution in [2.24, 2.45) is 0 Å². The second-order valence-electron chi connectivity index (χ2n) is 6.04. The van der Waals surface area contributed by atoms with Crippen molar-refractivity contribution in [3.63, 3.8) is 0 Å². The SMILES string of the molecule is O=C(CN1C(=O)COc2cc(Br)ccc21)NCc1nncn1C1CC1. The number of anilines is 1. The number of nitrogens with one attached hydrogen (secondary N) is 1. The molecule has 25 heavy (non-hydrogen) atoms. The van der Waals surface area contributed by atoms with Crippen LogP contribution in [0.2, 0.25) is 0 Å². The number of ether oxygens (including phenoxy) is 1. The van der Waals surface area contributed by atoms with Crippen molar-refractivity contribution in [1.29, 1.82) is 0 Å². The monoisotopic (exact) mass is 405 g/mol. The van der Waals surface area contributed by atoms with Crippen LogP contribution in [0.1, 0.15) is 24.7 Å². The summed E-state index contributed by atoms with van der Waals surface area (Å²) >= 11 is 3.37. The largest absolute Gasteiger partial charge is 0.482 e. The van der Waals surface area contributed by atoms with Crippen LogP contribution < -0.4 is 15.0 Å². The maximum Gasteiger partial charge on any atom is 0.265 e. The van der Waals surface area contributed by atoms with Gasteiger partial charge in [0.05, 0.1) is 12.2 Å². The second-order valence-corrected chi connectivity index (χ2v) is 6.96. The summed E-state index contributed by atoms with van der Waals surface area (Å²) in [6.45, 7) is 0.155. The Hall–Kier alpha value is -2.42. The third-order valence-corrected chi connectivity index (χ3v) is 4.69. The Kier molecular flexibility index (Phi) is 4.16. The molecule has 0 saturated heterocycles. The van der Waals surface area contributed by atoms with Gasteiger partial charge < -0.3 is 14.6 Å². The van der Waals surface area contributed by atoms with Crippen LogP contribution in [0.4, 0.5) is 5.69 Å². The summed E-state index contributed by atoms with van der Waals surface area (Å²) in [5.41, 5.74) is 0.593. The number of benzene rings is 1. The molecule has 2 aromatic rings. The number of aromatic nitrogens is 3. The summed E-state index contributed by atoms with van der Waals surface area (Å²) < 4.78 is 8.27. The molecule has 1 aromatic carbocycles. The number of halogens is 1. The minimum absolute atomic E-state index is 0.0611. The molecule has 0 atom stereocenters. The van der Waals surface area contributed by atoms with E-state index in [-0.39, 0.29) is 25.0 Å². The van der Waals surface area contributed by atoms with Gasteiger partial charge in [-0.2, -0.15) is 0 Å². The lowest BCUT2D eigenvalue weighted by Crippen LogP contribution is -2.45. The number of amides is 2. The molecule has 0 bridgehead atoms. The van der Waals surface area contributed by atoms with Gasteiger partial charge >= 0.3 is 0 Å². The first-order chi connectivity index (χ1) is 12.1. The third kappa shape index (κ3) is 3.37. The smallest absolute Gasteiger partial charge is 0.265 e. The molecule has 9 heteroatoms. The zero-order valence-electron chi connectivity index (χ0n) is 13.3. The highest BCUT2D eigenvalue weighted by molar-refractivity contribution is 9.10. The van der Waals surface area contributed by atoms with Crippen molar-refractivity contribution in [1.82, 2.24) is 20.1 Å². The highest BCUT2D eigenvalue weighted by atomic mass is 79.9. The lowest BCUT2D eigenvalue weighted by atomic mass is 10.2. The van der Waals surface area contributed by atoms with Crippen molar-refractivity contribution in [2.75, 3.05) is 18.1 Å². The van der Waals surface area contributed by atoms with Gasteiger partial charge in [-0.15, -0.1) is 10.2 Å². The number of hydrogen-bond acceptors (Lipinski definition) is 5. The molecule has 2 heterocycles. The van der Waals surface area contributed by atoms with Crippen LogP contribution in [0.5, 0.6) is 5.75 Å². The lowest BCUT2D eigenvalue weighted by Gasteiger charge is -2.28. The molecule has 4 rings (SSSR count). The average Bonchev–Trinajstić information content (AvgIpc) is 3.33. The van der Waals surface area contributed by atoms with Crippen molar-refractivity contribution in [3.05, 3.63) is 34.8 Å². The molecule has 1 aromatic heterocycles. The fourth-order valence-electron chi connectivity index (χ4n) is 2.78. The van der Waals surface area contributed by atoms with Crippen LogP contribution in [0.25, 0.3) is 0 Å². The van der Waals surface area contributed by atoms with Crippen LogP contribution in [0, 0.1) is 0 Å². The van der Waals surface area contributed by atoms with E-state index in [0.29, 0.717) is 24.0 Å². The summed E-state index contributed by atoms with van der Waals surface area (Å²) in [6.07, 6.45) is 3.93. The maximum absolute atomic E-state index is 12.3.